The molecule has 0 aromatic carbocycles. The average molecular weight is 143 g/mol. The quantitative estimate of drug-likeness (QED) is 0.454. The van der Waals surface area contributed by atoms with Gasteiger partial charge in [0.15, 0.2) is 0 Å². The molecule has 0 N–H and O–H groups in total. The molecule has 1 aliphatic heterocycles. The maximum atomic E-state index is 2.97. The number of hydrogen-bond donors (Lipinski definition) is 0. The zero-order chi connectivity index (χ0) is 6.43. The maximum Gasteiger partial charge on any atom is 0.00442 e. The van der Waals surface area contributed by atoms with E-state index in [9.17, 15) is 0 Å². The minimum absolute atomic E-state index is 0.897. The Balaban J connectivity index is 1.99. The van der Waals surface area contributed by atoms with Crippen LogP contribution in [0.2, 0.25) is 0 Å². The zero-order valence-electron chi connectivity index (χ0n) is 5.88. The summed E-state index contributed by atoms with van der Waals surface area (Å²) >= 11 is 0. The van der Waals surface area contributed by atoms with Gasteiger partial charge in [-0.05, 0) is 31.0 Å². The van der Waals surface area contributed by atoms with E-state index < -0.39 is 0 Å². The third kappa shape index (κ3) is 1.01. The number of piperidine rings is 1. The fraction of sp³-hybridized carbons (Fsp3) is 1.00. The molecular formula is C7H14NP. The second-order valence-electron chi connectivity index (χ2n) is 3.54. The topological polar surface area (TPSA) is 3.24 Å². The SMILES string of the molecule is CN1CC(P)C2CC2C1. The van der Waals surface area contributed by atoms with Gasteiger partial charge in [0.1, 0.15) is 0 Å². The lowest BCUT2D eigenvalue weighted by Gasteiger charge is -2.26. The first-order chi connectivity index (χ1) is 4.27. The number of hydrogen-bond acceptors (Lipinski definition) is 1. The van der Waals surface area contributed by atoms with E-state index in [1.54, 1.807) is 0 Å². The Bertz CT molecular complexity index is 126. The van der Waals surface area contributed by atoms with Gasteiger partial charge in [-0.2, -0.15) is 0 Å². The van der Waals surface area contributed by atoms with Crippen molar-refractivity contribution in [2.45, 2.75) is 12.1 Å². The summed E-state index contributed by atoms with van der Waals surface area (Å²) in [5.41, 5.74) is 0.897. The lowest BCUT2D eigenvalue weighted by molar-refractivity contribution is 0.272. The molecule has 0 aromatic rings. The second-order valence-corrected chi connectivity index (χ2v) is 4.40. The summed E-state index contributed by atoms with van der Waals surface area (Å²) in [6, 6.07) is 0. The lowest BCUT2D eigenvalue weighted by Crippen LogP contribution is -2.34. The van der Waals surface area contributed by atoms with Crippen LogP contribution >= 0.6 is 9.24 Å². The number of nitrogens with zero attached hydrogens (tertiary/aromatic N) is 1. The van der Waals surface area contributed by atoms with Gasteiger partial charge in [-0.3, -0.25) is 0 Å². The van der Waals surface area contributed by atoms with Gasteiger partial charge >= 0.3 is 0 Å². The molecule has 2 heteroatoms. The first kappa shape index (κ1) is 6.12. The molecule has 4 unspecified atom stereocenters. The Morgan fingerprint density at radius 3 is 2.89 bits per heavy atom. The average Bonchev–Trinajstić information content (AvgIpc) is 2.43. The summed E-state index contributed by atoms with van der Waals surface area (Å²) in [7, 11) is 5.20. The highest BCUT2D eigenvalue weighted by Crippen LogP contribution is 2.47. The van der Waals surface area contributed by atoms with Crippen molar-refractivity contribution in [3.63, 3.8) is 0 Å². The molecule has 0 aromatic heterocycles. The van der Waals surface area contributed by atoms with E-state index in [4.69, 9.17) is 0 Å². The van der Waals surface area contributed by atoms with Gasteiger partial charge in [-0.1, -0.05) is 0 Å². The second kappa shape index (κ2) is 1.93. The molecule has 1 aliphatic carbocycles. The Labute approximate surface area is 59.0 Å². The van der Waals surface area contributed by atoms with Crippen LogP contribution in [0.3, 0.4) is 0 Å². The van der Waals surface area contributed by atoms with Gasteiger partial charge in [0.25, 0.3) is 0 Å². The summed E-state index contributed by atoms with van der Waals surface area (Å²) in [6.45, 7) is 2.65. The van der Waals surface area contributed by atoms with Crippen LogP contribution in [0.5, 0.6) is 0 Å². The minimum atomic E-state index is 0.897. The van der Waals surface area contributed by atoms with Crippen LogP contribution in [-0.2, 0) is 0 Å². The molecule has 2 aliphatic rings. The standard InChI is InChI=1S/C7H14NP/c1-8-3-5-2-6(5)7(9)4-8/h5-7H,2-4,9H2,1H3. The van der Waals surface area contributed by atoms with Crippen molar-refractivity contribution < 1.29 is 0 Å². The largest absolute Gasteiger partial charge is 0.305 e. The van der Waals surface area contributed by atoms with Crippen molar-refractivity contribution >= 4 is 9.24 Å². The maximum absolute atomic E-state index is 2.97. The van der Waals surface area contributed by atoms with Gasteiger partial charge in [0.2, 0.25) is 0 Å². The molecule has 2 rings (SSSR count). The van der Waals surface area contributed by atoms with Crippen LogP contribution in [0, 0.1) is 11.8 Å². The normalized spacial score (nSPS) is 50.7. The van der Waals surface area contributed by atoms with E-state index >= 15 is 0 Å². The van der Waals surface area contributed by atoms with Crippen LogP contribution in [0.25, 0.3) is 0 Å². The summed E-state index contributed by atoms with van der Waals surface area (Å²) in [6.07, 6.45) is 1.50. The summed E-state index contributed by atoms with van der Waals surface area (Å²) in [5, 5.41) is 0. The van der Waals surface area contributed by atoms with E-state index in [1.165, 1.54) is 19.5 Å². The van der Waals surface area contributed by atoms with Crippen molar-refractivity contribution in [1.29, 1.82) is 0 Å². The van der Waals surface area contributed by atoms with Gasteiger partial charge in [0, 0.05) is 13.1 Å². The molecule has 52 valence electrons. The van der Waals surface area contributed by atoms with Crippen LogP contribution < -0.4 is 0 Å². The first-order valence-electron chi connectivity index (χ1n) is 3.71. The third-order valence-corrected chi connectivity index (χ3v) is 3.30. The number of fused-ring (bicyclic) bond motifs is 1. The zero-order valence-corrected chi connectivity index (χ0v) is 7.03. The highest BCUT2D eigenvalue weighted by molar-refractivity contribution is 7.17. The van der Waals surface area contributed by atoms with E-state index in [1.807, 2.05) is 0 Å². The van der Waals surface area contributed by atoms with Crippen LogP contribution in [0.15, 0.2) is 0 Å². The van der Waals surface area contributed by atoms with Gasteiger partial charge in [-0.15, -0.1) is 9.24 Å². The van der Waals surface area contributed by atoms with Gasteiger partial charge < -0.3 is 4.90 Å². The van der Waals surface area contributed by atoms with Crippen molar-refractivity contribution in [3.05, 3.63) is 0 Å². The van der Waals surface area contributed by atoms with Crippen LogP contribution in [0.1, 0.15) is 6.42 Å². The fourth-order valence-electron chi connectivity index (χ4n) is 1.98. The number of rotatable bonds is 0. The fourth-order valence-corrected chi connectivity index (χ4v) is 2.81. The van der Waals surface area contributed by atoms with Crippen molar-refractivity contribution in [3.8, 4) is 0 Å². The third-order valence-electron chi connectivity index (χ3n) is 2.60. The van der Waals surface area contributed by atoms with Crippen molar-refractivity contribution in [1.82, 2.24) is 4.90 Å². The molecule has 4 atom stereocenters. The molecule has 1 saturated carbocycles. The van der Waals surface area contributed by atoms with Crippen LogP contribution in [0.4, 0.5) is 0 Å². The molecule has 2 fully saturated rings. The molecule has 0 spiro atoms. The van der Waals surface area contributed by atoms with E-state index in [0.29, 0.717) is 0 Å². The summed E-state index contributed by atoms with van der Waals surface area (Å²) < 4.78 is 0. The molecule has 0 bridgehead atoms. The Morgan fingerprint density at radius 2 is 2.22 bits per heavy atom. The van der Waals surface area contributed by atoms with E-state index in [-0.39, 0.29) is 0 Å². The predicted octanol–water partition coefficient (Wildman–Crippen LogP) is 0.812. The van der Waals surface area contributed by atoms with Gasteiger partial charge in [-0.25, -0.2) is 0 Å². The Morgan fingerprint density at radius 1 is 1.44 bits per heavy atom. The smallest absolute Gasteiger partial charge is 0.00442 e. The summed E-state index contributed by atoms with van der Waals surface area (Å²) in [5.74, 6) is 2.14. The Hall–Kier alpha value is 0.390. The monoisotopic (exact) mass is 143 g/mol. The first-order valence-corrected chi connectivity index (χ1v) is 4.38. The van der Waals surface area contributed by atoms with Gasteiger partial charge in [0.05, 0.1) is 0 Å². The molecule has 0 radical (unpaired) electrons. The predicted molar refractivity (Wildman–Crippen MR) is 42.6 cm³/mol. The van der Waals surface area contributed by atoms with E-state index in [0.717, 1.165) is 17.5 Å². The molecule has 9 heavy (non-hydrogen) atoms. The molecule has 1 saturated heterocycles. The number of likely N-dealkylation sites (tertiary alicyclic amines) is 1. The molecule has 1 heterocycles. The highest BCUT2D eigenvalue weighted by atomic mass is 31.0. The molecular weight excluding hydrogens is 129 g/mol. The lowest BCUT2D eigenvalue weighted by atomic mass is 10.1. The van der Waals surface area contributed by atoms with E-state index in [2.05, 4.69) is 21.2 Å². The van der Waals surface area contributed by atoms with Crippen molar-refractivity contribution in [2.24, 2.45) is 11.8 Å². The minimum Gasteiger partial charge on any atom is -0.305 e. The van der Waals surface area contributed by atoms with Crippen molar-refractivity contribution in [2.75, 3.05) is 20.1 Å². The summed E-state index contributed by atoms with van der Waals surface area (Å²) in [4.78, 5) is 2.45. The Kier molecular flexibility index (Phi) is 1.32. The molecule has 1 nitrogen and oxygen atoms in total. The molecule has 0 amide bonds. The highest BCUT2D eigenvalue weighted by Gasteiger charge is 2.44. The van der Waals surface area contributed by atoms with Crippen LogP contribution in [-0.4, -0.2) is 30.7 Å².